The molecule has 1 heterocycles. The summed E-state index contributed by atoms with van der Waals surface area (Å²) < 4.78 is 0. The van der Waals surface area contributed by atoms with E-state index >= 15 is 0 Å². The number of benzene rings is 3. The molecule has 0 fully saturated rings. The second-order valence-electron chi connectivity index (χ2n) is 9.29. The first-order chi connectivity index (χ1) is 20.3. The Labute approximate surface area is 277 Å². The highest BCUT2D eigenvalue weighted by atomic mass is 14.8. The van der Waals surface area contributed by atoms with Gasteiger partial charge < -0.3 is 0 Å². The lowest BCUT2D eigenvalue weighted by Gasteiger charge is -2.18. The van der Waals surface area contributed by atoms with Gasteiger partial charge in [0.1, 0.15) is 0 Å². The number of allylic oxidation sites excluding steroid dienone is 2. The van der Waals surface area contributed by atoms with Crippen molar-refractivity contribution in [3.05, 3.63) is 125 Å². The second kappa shape index (κ2) is 34.3. The molecule has 0 aliphatic carbocycles. The van der Waals surface area contributed by atoms with Gasteiger partial charge in [0.2, 0.25) is 0 Å². The highest BCUT2D eigenvalue weighted by Crippen LogP contribution is 2.30. The first kappa shape index (κ1) is 50.4. The first-order valence-corrected chi connectivity index (χ1v) is 16.3. The quantitative estimate of drug-likeness (QED) is 0.249. The van der Waals surface area contributed by atoms with Crippen molar-refractivity contribution in [2.24, 2.45) is 4.99 Å². The molecular weight excluding hydrogens is 530 g/mol. The van der Waals surface area contributed by atoms with Gasteiger partial charge in [-0.1, -0.05) is 167 Å². The summed E-state index contributed by atoms with van der Waals surface area (Å²) in [4.78, 5) is 4.47. The predicted molar refractivity (Wildman–Crippen MR) is 210 cm³/mol. The van der Waals surface area contributed by atoms with E-state index in [4.69, 9.17) is 0 Å². The number of fused-ring (bicyclic) bond motifs is 1. The Kier molecular flexibility index (Phi) is 39.3. The van der Waals surface area contributed by atoms with E-state index in [1.165, 1.54) is 44.8 Å². The van der Waals surface area contributed by atoms with Gasteiger partial charge in [-0.15, -0.1) is 13.2 Å². The lowest BCUT2D eigenvalue weighted by Crippen LogP contribution is -2.01. The van der Waals surface area contributed by atoms with Crippen LogP contribution in [0.1, 0.15) is 145 Å². The van der Waals surface area contributed by atoms with Gasteiger partial charge in [0.05, 0.1) is 5.69 Å². The molecule has 3 aromatic carbocycles. The van der Waals surface area contributed by atoms with E-state index < -0.39 is 0 Å². The minimum Gasteiger partial charge on any atom is -0.257 e. The van der Waals surface area contributed by atoms with E-state index in [9.17, 15) is 0 Å². The Hall–Kier alpha value is -3.19. The molecule has 1 aliphatic heterocycles. The number of nitrogens with zero attached hydrogens (tertiary/aromatic N) is 1. The molecule has 0 aromatic heterocycles. The summed E-state index contributed by atoms with van der Waals surface area (Å²) in [7, 11) is 0. The first-order valence-electron chi connectivity index (χ1n) is 16.3. The van der Waals surface area contributed by atoms with Crippen LogP contribution in [-0.2, 0) is 6.42 Å². The molecule has 3 aromatic rings. The number of aliphatic imine (C=N–C) groups is 1. The fourth-order valence-corrected chi connectivity index (χ4v) is 3.82. The standard InChI is InChI=1S/C18H20.C10H11N.C5H10.4C2H6.2CH4/c1-15(2)13-14-18(16-9-5-3-6-10-16)17-11-7-4-8-12-17;1-7-4-3-5-9-6-8(2)11-10(7)9;1-4-5(2)3;4*1-2;;/h3-12,18H,1,13-14H2,2H3;3-5H,6H2,1-2H3;2,4H2,1,3H3;4*1-2H3;2*1H4. The van der Waals surface area contributed by atoms with Gasteiger partial charge in [0, 0.05) is 18.1 Å². The van der Waals surface area contributed by atoms with Crippen LogP contribution in [0.2, 0.25) is 0 Å². The van der Waals surface area contributed by atoms with Crippen LogP contribution in [0.15, 0.2) is 108 Å². The summed E-state index contributed by atoms with van der Waals surface area (Å²) >= 11 is 0. The van der Waals surface area contributed by atoms with Gasteiger partial charge >= 0.3 is 0 Å². The molecular formula is C43H73N. The topological polar surface area (TPSA) is 12.4 Å². The highest BCUT2D eigenvalue weighted by Gasteiger charge is 2.13. The largest absolute Gasteiger partial charge is 0.257 e. The smallest absolute Gasteiger partial charge is 0.0693 e. The number of rotatable bonds is 6. The maximum absolute atomic E-state index is 4.47. The van der Waals surface area contributed by atoms with Crippen molar-refractivity contribution < 1.29 is 0 Å². The van der Waals surface area contributed by atoms with E-state index in [2.05, 4.69) is 125 Å². The fourth-order valence-electron chi connectivity index (χ4n) is 3.82. The van der Waals surface area contributed by atoms with E-state index in [1.807, 2.05) is 62.3 Å². The Balaban J connectivity index is -0.000000168. The number of aryl methyl sites for hydroxylation is 1. The van der Waals surface area contributed by atoms with Crippen molar-refractivity contribution in [3.8, 4) is 0 Å². The molecule has 250 valence electrons. The van der Waals surface area contributed by atoms with Crippen LogP contribution in [-0.4, -0.2) is 5.71 Å². The maximum Gasteiger partial charge on any atom is 0.0693 e. The normalized spacial score (nSPS) is 9.36. The number of hydrogen-bond donors (Lipinski definition) is 0. The molecule has 4 rings (SSSR count). The molecule has 1 nitrogen and oxygen atoms in total. The average molecular weight is 604 g/mol. The minimum absolute atomic E-state index is 0. The molecule has 0 spiro atoms. The zero-order valence-corrected chi connectivity index (χ0v) is 29.8. The van der Waals surface area contributed by atoms with Crippen LogP contribution in [0.5, 0.6) is 0 Å². The van der Waals surface area contributed by atoms with Crippen LogP contribution >= 0.6 is 0 Å². The summed E-state index contributed by atoms with van der Waals surface area (Å²) in [6.07, 6.45) is 4.36. The monoisotopic (exact) mass is 604 g/mol. The number of para-hydroxylation sites is 1. The van der Waals surface area contributed by atoms with E-state index in [0.717, 1.165) is 25.7 Å². The summed E-state index contributed by atoms with van der Waals surface area (Å²) in [6, 6.07) is 27.9. The summed E-state index contributed by atoms with van der Waals surface area (Å²) in [5.74, 6) is 0.476. The van der Waals surface area contributed by atoms with E-state index in [-0.39, 0.29) is 14.9 Å². The molecule has 0 saturated carbocycles. The molecule has 0 N–H and O–H groups in total. The average Bonchev–Trinajstić information content (AvgIpc) is 3.44. The highest BCUT2D eigenvalue weighted by molar-refractivity contribution is 5.92. The lowest BCUT2D eigenvalue weighted by atomic mass is 9.87. The van der Waals surface area contributed by atoms with Gasteiger partial charge in [0.25, 0.3) is 0 Å². The summed E-state index contributed by atoms with van der Waals surface area (Å²) in [5, 5.41) is 0. The molecule has 0 saturated heterocycles. The third-order valence-corrected chi connectivity index (χ3v) is 5.94. The molecule has 0 atom stereocenters. The molecule has 1 aliphatic rings. The minimum atomic E-state index is 0. The molecule has 0 amide bonds. The van der Waals surface area contributed by atoms with E-state index in [1.54, 1.807) is 0 Å². The van der Waals surface area contributed by atoms with Crippen LogP contribution in [0.3, 0.4) is 0 Å². The van der Waals surface area contributed by atoms with Crippen molar-refractivity contribution in [3.63, 3.8) is 0 Å². The van der Waals surface area contributed by atoms with Gasteiger partial charge in [-0.25, -0.2) is 0 Å². The molecule has 0 unspecified atom stereocenters. The van der Waals surface area contributed by atoms with Crippen LogP contribution in [0.25, 0.3) is 0 Å². The van der Waals surface area contributed by atoms with Gasteiger partial charge in [-0.3, -0.25) is 4.99 Å². The van der Waals surface area contributed by atoms with Gasteiger partial charge in [0.15, 0.2) is 0 Å². The number of hydrogen-bond acceptors (Lipinski definition) is 1. The van der Waals surface area contributed by atoms with Crippen molar-refractivity contribution in [1.29, 1.82) is 0 Å². The lowest BCUT2D eigenvalue weighted by molar-refractivity contribution is 0.712. The van der Waals surface area contributed by atoms with Crippen LogP contribution in [0.4, 0.5) is 5.69 Å². The Morgan fingerprint density at radius 1 is 0.659 bits per heavy atom. The van der Waals surface area contributed by atoms with Crippen molar-refractivity contribution in [2.75, 3.05) is 0 Å². The molecule has 0 bridgehead atoms. The Morgan fingerprint density at radius 3 is 1.41 bits per heavy atom. The van der Waals surface area contributed by atoms with Crippen molar-refractivity contribution in [1.82, 2.24) is 0 Å². The van der Waals surface area contributed by atoms with Crippen molar-refractivity contribution >= 4 is 11.4 Å². The summed E-state index contributed by atoms with van der Waals surface area (Å²) in [6.45, 7) is 34.1. The third-order valence-electron chi connectivity index (χ3n) is 5.94. The Bertz CT molecular complexity index is 1030. The van der Waals surface area contributed by atoms with Crippen LogP contribution in [0, 0.1) is 6.92 Å². The Morgan fingerprint density at radius 2 is 1.07 bits per heavy atom. The molecule has 1 heteroatoms. The zero-order chi connectivity index (χ0) is 32.9. The second-order valence-corrected chi connectivity index (χ2v) is 9.29. The van der Waals surface area contributed by atoms with E-state index in [0.29, 0.717) is 5.92 Å². The van der Waals surface area contributed by atoms with Crippen LogP contribution < -0.4 is 0 Å². The molecule has 0 radical (unpaired) electrons. The summed E-state index contributed by atoms with van der Waals surface area (Å²) in [5.41, 5.74) is 10.4. The SMILES string of the molecule is C.C.C=C(C)CC.C=C(C)CCC(c1ccccc1)c1ccccc1.CC.CC.CC.CC.CC1=Nc2c(C)cccc2C1. The van der Waals surface area contributed by atoms with Gasteiger partial charge in [-0.05, 0) is 69.2 Å². The fraction of sp³-hybridized carbons (Fsp3) is 0.465. The molecule has 44 heavy (non-hydrogen) atoms. The van der Waals surface area contributed by atoms with Crippen molar-refractivity contribution in [2.45, 2.75) is 136 Å². The predicted octanol–water partition coefficient (Wildman–Crippen LogP) is 15.2. The maximum atomic E-state index is 4.47. The zero-order valence-electron chi connectivity index (χ0n) is 29.8. The van der Waals surface area contributed by atoms with Gasteiger partial charge in [-0.2, -0.15) is 0 Å². The third kappa shape index (κ3) is 22.4.